The Morgan fingerprint density at radius 1 is 1.07 bits per heavy atom. The van der Waals surface area contributed by atoms with Crippen LogP contribution in [0.1, 0.15) is 21.5 Å². The lowest BCUT2D eigenvalue weighted by atomic mass is 10.1. The molecule has 4 rings (SSSR count). The fourth-order valence-corrected chi connectivity index (χ4v) is 3.05. The molecule has 0 atom stereocenters. The van der Waals surface area contributed by atoms with Gasteiger partial charge in [0.05, 0.1) is 18.3 Å². The molecule has 5 heteroatoms. The van der Waals surface area contributed by atoms with E-state index in [0.717, 1.165) is 27.7 Å². The molecule has 4 nitrogen and oxygen atoms in total. The van der Waals surface area contributed by atoms with E-state index in [1.54, 1.807) is 23.0 Å². The van der Waals surface area contributed by atoms with E-state index in [1.165, 1.54) is 12.1 Å². The van der Waals surface area contributed by atoms with Gasteiger partial charge in [0.15, 0.2) is 0 Å². The first-order valence-electron chi connectivity index (χ1n) is 8.67. The molecule has 0 saturated carbocycles. The number of aromatic nitrogens is 2. The summed E-state index contributed by atoms with van der Waals surface area (Å²) in [5.74, 6) is -0.452. The maximum absolute atomic E-state index is 13.4. The summed E-state index contributed by atoms with van der Waals surface area (Å²) in [5, 5.41) is 8.25. The minimum absolute atomic E-state index is 0.176. The summed E-state index contributed by atoms with van der Waals surface area (Å²) in [6.07, 6.45) is 1.75. The van der Waals surface area contributed by atoms with E-state index in [2.05, 4.69) is 10.4 Å². The van der Waals surface area contributed by atoms with E-state index in [4.69, 9.17) is 0 Å². The Hall–Kier alpha value is -3.47. The van der Waals surface area contributed by atoms with Crippen molar-refractivity contribution in [2.24, 2.45) is 0 Å². The largest absolute Gasteiger partial charge is 0.322 e. The molecule has 0 aliphatic heterocycles. The van der Waals surface area contributed by atoms with Crippen LogP contribution in [0.5, 0.6) is 0 Å². The first kappa shape index (κ1) is 17.0. The minimum Gasteiger partial charge on any atom is -0.322 e. The van der Waals surface area contributed by atoms with Crippen molar-refractivity contribution in [1.29, 1.82) is 0 Å². The molecule has 0 saturated heterocycles. The van der Waals surface area contributed by atoms with Gasteiger partial charge in [0, 0.05) is 16.6 Å². The highest BCUT2D eigenvalue weighted by Crippen LogP contribution is 2.20. The van der Waals surface area contributed by atoms with Crippen LogP contribution in [0, 0.1) is 12.7 Å². The van der Waals surface area contributed by atoms with Crippen molar-refractivity contribution < 1.29 is 9.18 Å². The van der Waals surface area contributed by atoms with Crippen molar-refractivity contribution in [3.8, 4) is 0 Å². The third-order valence-electron chi connectivity index (χ3n) is 4.52. The van der Waals surface area contributed by atoms with E-state index >= 15 is 0 Å². The number of carbonyl (C=O) groups is 1. The predicted molar refractivity (Wildman–Crippen MR) is 104 cm³/mol. The number of halogens is 1. The molecule has 4 aromatic rings. The Morgan fingerprint density at radius 2 is 1.93 bits per heavy atom. The fraction of sp³-hybridized carbons (Fsp3) is 0.0909. The maximum Gasteiger partial charge on any atom is 0.255 e. The van der Waals surface area contributed by atoms with E-state index in [-0.39, 0.29) is 11.7 Å². The van der Waals surface area contributed by atoms with Crippen molar-refractivity contribution >= 4 is 22.5 Å². The maximum atomic E-state index is 13.4. The second-order valence-electron chi connectivity index (χ2n) is 6.47. The van der Waals surface area contributed by atoms with E-state index in [0.29, 0.717) is 12.1 Å². The number of hydrogen-bond donors (Lipinski definition) is 1. The topological polar surface area (TPSA) is 46.9 Å². The van der Waals surface area contributed by atoms with Crippen LogP contribution < -0.4 is 5.32 Å². The summed E-state index contributed by atoms with van der Waals surface area (Å²) in [6, 6.07) is 19.6. The van der Waals surface area contributed by atoms with Crippen LogP contribution in [-0.4, -0.2) is 15.7 Å². The zero-order valence-electron chi connectivity index (χ0n) is 14.8. The molecule has 3 aromatic carbocycles. The number of carbonyl (C=O) groups excluding carboxylic acids is 1. The molecular formula is C22H18FN3O. The molecule has 0 aliphatic carbocycles. The lowest BCUT2D eigenvalue weighted by molar-refractivity contribution is 0.102. The third kappa shape index (κ3) is 3.58. The van der Waals surface area contributed by atoms with Gasteiger partial charge < -0.3 is 5.32 Å². The predicted octanol–water partition coefficient (Wildman–Crippen LogP) is 4.78. The van der Waals surface area contributed by atoms with Gasteiger partial charge in [-0.1, -0.05) is 36.4 Å². The summed E-state index contributed by atoms with van der Waals surface area (Å²) in [7, 11) is 0. The smallest absolute Gasteiger partial charge is 0.255 e. The van der Waals surface area contributed by atoms with Crippen LogP contribution in [0.4, 0.5) is 10.1 Å². The highest BCUT2D eigenvalue weighted by atomic mass is 19.1. The standard InChI is InChI=1S/C22H18FN3O/c1-15-5-2-3-8-20(15)25-22(27)17-9-10-18-13-24-26(21(18)12-17)14-16-6-4-7-19(23)11-16/h2-13H,14H2,1H3,(H,25,27). The quantitative estimate of drug-likeness (QED) is 0.570. The van der Waals surface area contributed by atoms with Crippen LogP contribution in [0.15, 0.2) is 72.9 Å². The number of nitrogens with zero attached hydrogens (tertiary/aromatic N) is 2. The SMILES string of the molecule is Cc1ccccc1NC(=O)c1ccc2cnn(Cc3cccc(F)c3)c2c1. The summed E-state index contributed by atoms with van der Waals surface area (Å²) in [6.45, 7) is 2.39. The van der Waals surface area contributed by atoms with Crippen LogP contribution in [0.2, 0.25) is 0 Å². The molecule has 0 radical (unpaired) electrons. The number of benzene rings is 3. The fourth-order valence-electron chi connectivity index (χ4n) is 3.05. The average Bonchev–Trinajstić information content (AvgIpc) is 3.06. The minimum atomic E-state index is -0.276. The molecule has 134 valence electrons. The molecule has 0 spiro atoms. The Kier molecular flexibility index (Phi) is 4.42. The van der Waals surface area contributed by atoms with Crippen molar-refractivity contribution in [2.75, 3.05) is 5.32 Å². The Morgan fingerprint density at radius 3 is 2.74 bits per heavy atom. The molecular weight excluding hydrogens is 341 g/mol. The van der Waals surface area contributed by atoms with E-state index in [9.17, 15) is 9.18 Å². The molecule has 1 N–H and O–H groups in total. The van der Waals surface area contributed by atoms with Crippen molar-refractivity contribution in [2.45, 2.75) is 13.5 Å². The first-order chi connectivity index (χ1) is 13.1. The van der Waals surface area contributed by atoms with Gasteiger partial charge in [-0.3, -0.25) is 9.48 Å². The number of nitrogens with one attached hydrogen (secondary N) is 1. The van der Waals surface area contributed by atoms with Gasteiger partial charge in [-0.2, -0.15) is 5.10 Å². The third-order valence-corrected chi connectivity index (χ3v) is 4.52. The number of fused-ring (bicyclic) bond motifs is 1. The second-order valence-corrected chi connectivity index (χ2v) is 6.47. The van der Waals surface area contributed by atoms with Crippen molar-refractivity contribution in [1.82, 2.24) is 9.78 Å². The zero-order valence-corrected chi connectivity index (χ0v) is 14.8. The number of rotatable bonds is 4. The number of hydrogen-bond acceptors (Lipinski definition) is 2. The lowest BCUT2D eigenvalue weighted by Crippen LogP contribution is -2.13. The zero-order chi connectivity index (χ0) is 18.8. The highest BCUT2D eigenvalue weighted by molar-refractivity contribution is 6.06. The number of para-hydroxylation sites is 1. The molecule has 0 unspecified atom stereocenters. The molecule has 1 aromatic heterocycles. The Labute approximate surface area is 156 Å². The molecule has 0 aliphatic rings. The van der Waals surface area contributed by atoms with Crippen molar-refractivity contribution in [3.05, 3.63) is 95.4 Å². The monoisotopic (exact) mass is 359 g/mol. The normalized spacial score (nSPS) is 10.9. The molecule has 1 amide bonds. The summed E-state index contributed by atoms with van der Waals surface area (Å²) < 4.78 is 15.2. The van der Waals surface area contributed by atoms with Crippen LogP contribution in [-0.2, 0) is 6.54 Å². The average molecular weight is 359 g/mol. The molecule has 27 heavy (non-hydrogen) atoms. The Balaban J connectivity index is 1.63. The number of anilines is 1. The van der Waals surface area contributed by atoms with Gasteiger partial charge in [0.2, 0.25) is 0 Å². The van der Waals surface area contributed by atoms with Crippen LogP contribution in [0.25, 0.3) is 10.9 Å². The molecule has 0 fully saturated rings. The number of amides is 1. The van der Waals surface area contributed by atoms with Gasteiger partial charge in [0.1, 0.15) is 5.82 Å². The summed E-state index contributed by atoms with van der Waals surface area (Å²) >= 11 is 0. The summed E-state index contributed by atoms with van der Waals surface area (Å²) in [5.41, 5.74) is 3.98. The van der Waals surface area contributed by atoms with E-state index < -0.39 is 0 Å². The molecule has 1 heterocycles. The summed E-state index contributed by atoms with van der Waals surface area (Å²) in [4.78, 5) is 12.7. The van der Waals surface area contributed by atoms with E-state index in [1.807, 2.05) is 49.4 Å². The van der Waals surface area contributed by atoms with Crippen molar-refractivity contribution in [3.63, 3.8) is 0 Å². The Bertz CT molecular complexity index is 1130. The van der Waals surface area contributed by atoms with Crippen LogP contribution >= 0.6 is 0 Å². The highest BCUT2D eigenvalue weighted by Gasteiger charge is 2.11. The first-order valence-corrected chi connectivity index (χ1v) is 8.67. The molecule has 0 bridgehead atoms. The lowest BCUT2D eigenvalue weighted by Gasteiger charge is -2.09. The van der Waals surface area contributed by atoms with Gasteiger partial charge in [-0.25, -0.2) is 4.39 Å². The van der Waals surface area contributed by atoms with Gasteiger partial charge in [-0.05, 0) is 48.4 Å². The second kappa shape index (κ2) is 7.03. The van der Waals surface area contributed by atoms with Crippen LogP contribution in [0.3, 0.4) is 0 Å². The van der Waals surface area contributed by atoms with Gasteiger partial charge >= 0.3 is 0 Å². The van der Waals surface area contributed by atoms with Gasteiger partial charge in [0.25, 0.3) is 5.91 Å². The van der Waals surface area contributed by atoms with Gasteiger partial charge in [-0.15, -0.1) is 0 Å². The number of aryl methyl sites for hydroxylation is 1.